The van der Waals surface area contributed by atoms with Gasteiger partial charge in [-0.2, -0.15) is 4.98 Å². The molecule has 2 N–H and O–H groups in total. The lowest BCUT2D eigenvalue weighted by Crippen LogP contribution is -2.06. The standard InChI is InChI=1S/C12H11Cl2N5O2/c1-2-15-12-16-6-10(19(20)21)11(18-12)17-9-4-7(13)3-8(14)5-9/h3-6H,2H2,1H3,(H2,15,16,17,18). The van der Waals surface area contributed by atoms with Gasteiger partial charge in [-0.25, -0.2) is 4.98 Å². The molecule has 1 aromatic heterocycles. The van der Waals surface area contributed by atoms with Gasteiger partial charge in [0.15, 0.2) is 0 Å². The Kier molecular flexibility index (Phi) is 4.77. The number of nitrogens with zero attached hydrogens (tertiary/aromatic N) is 3. The second-order valence-electron chi connectivity index (χ2n) is 4.00. The molecule has 0 amide bonds. The first-order valence-electron chi connectivity index (χ1n) is 5.98. The van der Waals surface area contributed by atoms with Gasteiger partial charge in [0.2, 0.25) is 11.8 Å². The van der Waals surface area contributed by atoms with E-state index in [1.807, 2.05) is 6.92 Å². The molecule has 0 radical (unpaired) electrons. The molecule has 0 atom stereocenters. The molecule has 1 aromatic carbocycles. The zero-order chi connectivity index (χ0) is 15.4. The van der Waals surface area contributed by atoms with Crippen molar-refractivity contribution in [3.05, 3.63) is 44.6 Å². The zero-order valence-electron chi connectivity index (χ0n) is 10.9. The quantitative estimate of drug-likeness (QED) is 0.639. The van der Waals surface area contributed by atoms with E-state index >= 15 is 0 Å². The maximum Gasteiger partial charge on any atom is 0.329 e. The van der Waals surface area contributed by atoms with Crippen molar-refractivity contribution in [3.63, 3.8) is 0 Å². The Labute approximate surface area is 130 Å². The first kappa shape index (κ1) is 15.3. The maximum absolute atomic E-state index is 11.0. The summed E-state index contributed by atoms with van der Waals surface area (Å²) in [6, 6.07) is 4.74. The summed E-state index contributed by atoms with van der Waals surface area (Å²) < 4.78 is 0. The lowest BCUT2D eigenvalue weighted by Gasteiger charge is -2.09. The highest BCUT2D eigenvalue weighted by Gasteiger charge is 2.17. The Hall–Kier alpha value is -2.12. The summed E-state index contributed by atoms with van der Waals surface area (Å²) in [6.45, 7) is 2.47. The van der Waals surface area contributed by atoms with Crippen LogP contribution in [0.15, 0.2) is 24.4 Å². The predicted molar refractivity (Wildman–Crippen MR) is 82.6 cm³/mol. The normalized spacial score (nSPS) is 10.2. The minimum Gasteiger partial charge on any atom is -0.354 e. The van der Waals surface area contributed by atoms with E-state index in [0.29, 0.717) is 28.2 Å². The summed E-state index contributed by atoms with van der Waals surface area (Å²) in [6.07, 6.45) is 1.14. The molecule has 21 heavy (non-hydrogen) atoms. The van der Waals surface area contributed by atoms with E-state index in [0.717, 1.165) is 6.20 Å². The summed E-state index contributed by atoms with van der Waals surface area (Å²) in [5, 5.41) is 17.6. The average molecular weight is 328 g/mol. The molecule has 0 bridgehead atoms. The molecule has 2 rings (SSSR count). The van der Waals surface area contributed by atoms with Crippen LogP contribution in [0.2, 0.25) is 10.0 Å². The number of hydrogen-bond donors (Lipinski definition) is 2. The highest BCUT2D eigenvalue weighted by Crippen LogP contribution is 2.29. The third-order valence-corrected chi connectivity index (χ3v) is 2.86. The van der Waals surface area contributed by atoms with Gasteiger partial charge in [-0.3, -0.25) is 10.1 Å². The fourth-order valence-corrected chi connectivity index (χ4v) is 2.13. The van der Waals surface area contributed by atoms with Crippen molar-refractivity contribution in [3.8, 4) is 0 Å². The Bertz CT molecular complexity index is 660. The van der Waals surface area contributed by atoms with E-state index in [-0.39, 0.29) is 11.5 Å². The molecule has 0 saturated heterocycles. The SMILES string of the molecule is CCNc1ncc([N+](=O)[O-])c(Nc2cc(Cl)cc(Cl)c2)n1. The Morgan fingerprint density at radius 3 is 2.52 bits per heavy atom. The fourth-order valence-electron chi connectivity index (χ4n) is 1.61. The summed E-state index contributed by atoms with van der Waals surface area (Å²) in [5.74, 6) is 0.350. The third kappa shape index (κ3) is 3.93. The molecule has 0 aliphatic rings. The van der Waals surface area contributed by atoms with Crippen LogP contribution in [0.1, 0.15) is 6.92 Å². The second kappa shape index (κ2) is 6.55. The van der Waals surface area contributed by atoms with Crippen LogP contribution in [0.5, 0.6) is 0 Å². The van der Waals surface area contributed by atoms with E-state index in [9.17, 15) is 10.1 Å². The number of nitrogens with one attached hydrogen (secondary N) is 2. The number of halogens is 2. The number of benzene rings is 1. The number of nitro groups is 1. The molecule has 7 nitrogen and oxygen atoms in total. The first-order chi connectivity index (χ1) is 9.99. The van der Waals surface area contributed by atoms with Crippen molar-refractivity contribution >= 4 is 46.3 Å². The van der Waals surface area contributed by atoms with Gasteiger partial charge >= 0.3 is 5.69 Å². The molecule has 9 heteroatoms. The first-order valence-corrected chi connectivity index (χ1v) is 6.73. The van der Waals surface area contributed by atoms with Gasteiger partial charge in [0.05, 0.1) is 4.92 Å². The molecule has 0 aliphatic carbocycles. The van der Waals surface area contributed by atoms with Crippen molar-refractivity contribution in [2.45, 2.75) is 6.92 Å². The maximum atomic E-state index is 11.0. The third-order valence-electron chi connectivity index (χ3n) is 2.43. The molecular formula is C12H11Cl2N5O2. The van der Waals surface area contributed by atoms with Crippen LogP contribution in [0.4, 0.5) is 23.1 Å². The monoisotopic (exact) mass is 327 g/mol. The molecule has 0 unspecified atom stereocenters. The molecule has 0 aliphatic heterocycles. The Morgan fingerprint density at radius 2 is 1.95 bits per heavy atom. The van der Waals surface area contributed by atoms with Gasteiger partial charge in [0, 0.05) is 22.3 Å². The summed E-state index contributed by atoms with van der Waals surface area (Å²) >= 11 is 11.8. The van der Waals surface area contributed by atoms with Crippen molar-refractivity contribution in [1.29, 1.82) is 0 Å². The molecule has 2 aromatic rings. The largest absolute Gasteiger partial charge is 0.354 e. The van der Waals surface area contributed by atoms with Crippen molar-refractivity contribution < 1.29 is 4.92 Å². The van der Waals surface area contributed by atoms with Crippen LogP contribution in [0.3, 0.4) is 0 Å². The summed E-state index contributed by atoms with van der Waals surface area (Å²) in [5.41, 5.74) is 0.254. The minimum absolute atomic E-state index is 0.0595. The van der Waals surface area contributed by atoms with Crippen molar-refractivity contribution in [1.82, 2.24) is 9.97 Å². The van der Waals surface area contributed by atoms with E-state index in [2.05, 4.69) is 20.6 Å². The Balaban J connectivity index is 2.40. The zero-order valence-corrected chi connectivity index (χ0v) is 12.4. The molecule has 0 spiro atoms. The smallest absolute Gasteiger partial charge is 0.329 e. The topological polar surface area (TPSA) is 93.0 Å². The highest BCUT2D eigenvalue weighted by atomic mass is 35.5. The molecule has 0 saturated carbocycles. The lowest BCUT2D eigenvalue weighted by molar-refractivity contribution is -0.384. The number of anilines is 3. The lowest BCUT2D eigenvalue weighted by atomic mass is 10.3. The van der Waals surface area contributed by atoms with Gasteiger partial charge in [-0.05, 0) is 25.1 Å². The van der Waals surface area contributed by atoms with E-state index in [1.165, 1.54) is 0 Å². The molecule has 0 fully saturated rings. The second-order valence-corrected chi connectivity index (χ2v) is 4.87. The van der Waals surface area contributed by atoms with Crippen molar-refractivity contribution in [2.24, 2.45) is 0 Å². The summed E-state index contributed by atoms with van der Waals surface area (Å²) in [4.78, 5) is 18.4. The van der Waals surface area contributed by atoms with Crippen LogP contribution in [-0.2, 0) is 0 Å². The fraction of sp³-hybridized carbons (Fsp3) is 0.167. The van der Waals surface area contributed by atoms with Gasteiger partial charge in [-0.1, -0.05) is 23.2 Å². The molecule has 110 valence electrons. The van der Waals surface area contributed by atoms with Gasteiger partial charge in [-0.15, -0.1) is 0 Å². The minimum atomic E-state index is -0.565. The average Bonchev–Trinajstić information content (AvgIpc) is 2.37. The van der Waals surface area contributed by atoms with Crippen LogP contribution >= 0.6 is 23.2 Å². The predicted octanol–water partition coefficient (Wildman–Crippen LogP) is 3.87. The number of rotatable bonds is 5. The van der Waals surface area contributed by atoms with Crippen molar-refractivity contribution in [2.75, 3.05) is 17.2 Å². The molecule has 1 heterocycles. The number of aromatic nitrogens is 2. The van der Waals surface area contributed by atoms with Crippen LogP contribution < -0.4 is 10.6 Å². The van der Waals surface area contributed by atoms with Crippen LogP contribution in [-0.4, -0.2) is 21.4 Å². The van der Waals surface area contributed by atoms with E-state index in [1.54, 1.807) is 18.2 Å². The van der Waals surface area contributed by atoms with Gasteiger partial charge in [0.1, 0.15) is 6.20 Å². The highest BCUT2D eigenvalue weighted by molar-refractivity contribution is 6.35. The van der Waals surface area contributed by atoms with Crippen LogP contribution in [0.25, 0.3) is 0 Å². The van der Waals surface area contributed by atoms with E-state index < -0.39 is 4.92 Å². The van der Waals surface area contributed by atoms with Gasteiger partial charge < -0.3 is 10.6 Å². The summed E-state index contributed by atoms with van der Waals surface area (Å²) in [7, 11) is 0. The Morgan fingerprint density at radius 1 is 1.29 bits per heavy atom. The number of hydrogen-bond acceptors (Lipinski definition) is 6. The van der Waals surface area contributed by atoms with Crippen LogP contribution in [0, 0.1) is 10.1 Å². The molecular weight excluding hydrogens is 317 g/mol. The van der Waals surface area contributed by atoms with Gasteiger partial charge in [0.25, 0.3) is 0 Å². The van der Waals surface area contributed by atoms with E-state index in [4.69, 9.17) is 23.2 Å².